The number of hydrogen-bond acceptors (Lipinski definition) is 5. The molecule has 0 aliphatic heterocycles. The molecule has 0 amide bonds. The second kappa shape index (κ2) is 12.2. The topological polar surface area (TPSA) is 54.0 Å². The van der Waals surface area contributed by atoms with Gasteiger partial charge in [0.2, 0.25) is 11.5 Å². The normalized spacial score (nSPS) is 11.7. The molecule has 0 fully saturated rings. The van der Waals surface area contributed by atoms with Gasteiger partial charge in [0.05, 0.1) is 20.6 Å². The van der Waals surface area contributed by atoms with Gasteiger partial charge in [-0.15, -0.1) is 0 Å². The maximum absolute atomic E-state index is 13.0. The molecule has 0 aromatic heterocycles. The number of esters is 1. The van der Waals surface area contributed by atoms with Crippen molar-refractivity contribution in [1.82, 2.24) is 0 Å². The number of benzene rings is 4. The largest absolute Gasteiger partial charge is 0.490 e. The molecule has 1 unspecified atom stereocenters. The van der Waals surface area contributed by atoms with Gasteiger partial charge in [0.1, 0.15) is 6.10 Å². The molecule has 5 nitrogen and oxygen atoms in total. The predicted octanol–water partition coefficient (Wildman–Crippen LogP) is 7.92. The third-order valence-corrected chi connectivity index (χ3v) is 6.88. The van der Waals surface area contributed by atoms with Gasteiger partial charge in [-0.1, -0.05) is 74.0 Å². The van der Waals surface area contributed by atoms with Gasteiger partial charge in [-0.05, 0) is 60.2 Å². The first kappa shape index (κ1) is 27.3. The Balaban J connectivity index is 1.74. The summed E-state index contributed by atoms with van der Waals surface area (Å²) in [4.78, 5) is 13.0. The van der Waals surface area contributed by atoms with E-state index in [1.54, 1.807) is 18.2 Å². The summed E-state index contributed by atoms with van der Waals surface area (Å²) in [7, 11) is 3.04. The summed E-state index contributed by atoms with van der Waals surface area (Å²) in [6.45, 7) is 6.19. The lowest BCUT2D eigenvalue weighted by Crippen LogP contribution is -2.13. The highest BCUT2D eigenvalue weighted by Crippen LogP contribution is 2.52. The van der Waals surface area contributed by atoms with Gasteiger partial charge in [-0.3, -0.25) is 4.79 Å². The quantitative estimate of drug-likeness (QED) is 0.153. The van der Waals surface area contributed by atoms with Crippen molar-refractivity contribution >= 4 is 28.3 Å². The Morgan fingerprint density at radius 3 is 1.87 bits per heavy atom. The van der Waals surface area contributed by atoms with Crippen LogP contribution in [0.25, 0.3) is 10.8 Å². The minimum atomic E-state index is -0.413. The molecule has 0 saturated heterocycles. The van der Waals surface area contributed by atoms with Crippen LogP contribution in [0, 0.1) is 0 Å². The zero-order valence-corrected chi connectivity index (χ0v) is 23.2. The highest BCUT2D eigenvalue weighted by molar-refractivity contribution is 6.31. The Kier molecular flexibility index (Phi) is 8.80. The van der Waals surface area contributed by atoms with Gasteiger partial charge in [0.25, 0.3) is 0 Å². The number of aryl methyl sites for hydroxylation is 2. The van der Waals surface area contributed by atoms with Crippen molar-refractivity contribution in [1.29, 1.82) is 0 Å². The molecule has 198 valence electrons. The summed E-state index contributed by atoms with van der Waals surface area (Å²) in [5, 5.41) is 1.80. The van der Waals surface area contributed by atoms with Gasteiger partial charge >= 0.3 is 5.97 Å². The second-order valence-electron chi connectivity index (χ2n) is 9.09. The van der Waals surface area contributed by atoms with E-state index in [1.807, 2.05) is 31.2 Å². The maximum Gasteiger partial charge on any atom is 0.315 e. The van der Waals surface area contributed by atoms with E-state index < -0.39 is 5.97 Å². The van der Waals surface area contributed by atoms with Crippen molar-refractivity contribution in [3.8, 4) is 23.0 Å². The number of hydrogen-bond donors (Lipinski definition) is 0. The lowest BCUT2D eigenvalue weighted by molar-refractivity contribution is -0.133. The van der Waals surface area contributed by atoms with E-state index in [1.165, 1.54) is 25.3 Å². The molecule has 0 N–H and O–H groups in total. The van der Waals surface area contributed by atoms with Crippen LogP contribution in [0.3, 0.4) is 0 Å². The summed E-state index contributed by atoms with van der Waals surface area (Å²) in [6.07, 6.45) is 1.73. The SMILES string of the molecule is CCc1ccc(CC(=O)Oc2c(OC)c(OC)c(OC(C)c3ccc(CC)cc3)c3cc(Cl)ccc23)cc1. The summed E-state index contributed by atoms with van der Waals surface area (Å²) in [5.41, 5.74) is 4.35. The van der Waals surface area contributed by atoms with E-state index >= 15 is 0 Å². The zero-order chi connectivity index (χ0) is 27.2. The number of carbonyl (C=O) groups excluding carboxylic acids is 1. The van der Waals surface area contributed by atoms with Gasteiger partial charge < -0.3 is 18.9 Å². The summed E-state index contributed by atoms with van der Waals surface area (Å²) in [5.74, 6) is 0.918. The average Bonchev–Trinajstić information content (AvgIpc) is 2.94. The van der Waals surface area contributed by atoms with E-state index in [0.29, 0.717) is 27.3 Å². The lowest BCUT2D eigenvalue weighted by atomic mass is 10.0. The number of fused-ring (bicyclic) bond motifs is 1. The molecule has 4 aromatic carbocycles. The fourth-order valence-electron chi connectivity index (χ4n) is 4.42. The second-order valence-corrected chi connectivity index (χ2v) is 9.53. The fraction of sp³-hybridized carbons (Fsp3) is 0.281. The van der Waals surface area contributed by atoms with Gasteiger partial charge in [-0.2, -0.15) is 0 Å². The van der Waals surface area contributed by atoms with Crippen molar-refractivity contribution in [3.05, 3.63) is 94.0 Å². The zero-order valence-electron chi connectivity index (χ0n) is 22.5. The van der Waals surface area contributed by atoms with Crippen molar-refractivity contribution in [2.75, 3.05) is 14.2 Å². The van der Waals surface area contributed by atoms with Crippen LogP contribution in [0.4, 0.5) is 0 Å². The minimum absolute atomic E-state index is 0.119. The molecule has 4 aromatic rings. The summed E-state index contributed by atoms with van der Waals surface area (Å²) >= 11 is 6.40. The first-order valence-corrected chi connectivity index (χ1v) is 13.2. The van der Waals surface area contributed by atoms with Gasteiger partial charge in [0, 0.05) is 15.8 Å². The summed E-state index contributed by atoms with van der Waals surface area (Å²) in [6, 6.07) is 21.6. The van der Waals surface area contributed by atoms with Crippen LogP contribution in [0.15, 0.2) is 66.7 Å². The Morgan fingerprint density at radius 2 is 1.29 bits per heavy atom. The first-order chi connectivity index (χ1) is 18.4. The molecule has 0 bridgehead atoms. The molecule has 0 aliphatic carbocycles. The first-order valence-electron chi connectivity index (χ1n) is 12.8. The van der Waals surface area contributed by atoms with E-state index in [0.717, 1.165) is 24.0 Å². The van der Waals surface area contributed by atoms with Crippen molar-refractivity contribution in [2.24, 2.45) is 0 Å². The van der Waals surface area contributed by atoms with Crippen LogP contribution in [-0.4, -0.2) is 20.2 Å². The predicted molar refractivity (Wildman–Crippen MR) is 152 cm³/mol. The molecule has 1 atom stereocenters. The van der Waals surface area contributed by atoms with E-state index in [9.17, 15) is 4.79 Å². The van der Waals surface area contributed by atoms with E-state index in [2.05, 4.69) is 38.1 Å². The van der Waals surface area contributed by atoms with Crippen LogP contribution in [0.2, 0.25) is 5.02 Å². The summed E-state index contributed by atoms with van der Waals surface area (Å²) < 4.78 is 23.9. The Bertz CT molecular complexity index is 1410. The molecule has 4 rings (SSSR count). The Morgan fingerprint density at radius 1 is 0.737 bits per heavy atom. The number of rotatable bonds is 10. The third kappa shape index (κ3) is 5.89. The smallest absolute Gasteiger partial charge is 0.315 e. The van der Waals surface area contributed by atoms with Crippen LogP contribution in [0.5, 0.6) is 23.0 Å². The Hall–Kier alpha value is -3.70. The van der Waals surface area contributed by atoms with Gasteiger partial charge in [-0.25, -0.2) is 0 Å². The maximum atomic E-state index is 13.0. The molecule has 38 heavy (non-hydrogen) atoms. The number of methoxy groups -OCH3 is 2. The molecule has 0 heterocycles. The molecule has 0 spiro atoms. The van der Waals surface area contributed by atoms with Gasteiger partial charge in [0.15, 0.2) is 11.5 Å². The minimum Gasteiger partial charge on any atom is -0.490 e. The lowest BCUT2D eigenvalue weighted by Gasteiger charge is -2.23. The number of halogens is 1. The van der Waals surface area contributed by atoms with Crippen LogP contribution in [0.1, 0.15) is 49.1 Å². The van der Waals surface area contributed by atoms with Crippen LogP contribution < -0.4 is 18.9 Å². The Labute approximate surface area is 229 Å². The molecular weight excluding hydrogens is 500 g/mol. The number of ether oxygens (including phenoxy) is 4. The van der Waals surface area contributed by atoms with Crippen LogP contribution in [-0.2, 0) is 24.1 Å². The van der Waals surface area contributed by atoms with Crippen molar-refractivity contribution < 1.29 is 23.7 Å². The molecule has 6 heteroatoms. The van der Waals surface area contributed by atoms with Crippen LogP contribution >= 0.6 is 11.6 Å². The number of carbonyl (C=O) groups is 1. The fourth-order valence-corrected chi connectivity index (χ4v) is 4.59. The molecule has 0 radical (unpaired) electrons. The standard InChI is InChI=1S/C32H33ClO5/c1-6-21-8-10-23(11-9-21)18-28(34)38-29-26-17-16-25(33)19-27(26)30(32(36-5)31(29)35-4)37-20(3)24-14-12-22(7-2)13-15-24/h8-17,19-20H,6-7,18H2,1-5H3. The molecule has 0 saturated carbocycles. The average molecular weight is 533 g/mol. The third-order valence-electron chi connectivity index (χ3n) is 6.65. The highest BCUT2D eigenvalue weighted by atomic mass is 35.5. The van der Waals surface area contributed by atoms with Crippen molar-refractivity contribution in [2.45, 2.75) is 46.1 Å². The molecule has 0 aliphatic rings. The monoisotopic (exact) mass is 532 g/mol. The van der Waals surface area contributed by atoms with Crippen molar-refractivity contribution in [3.63, 3.8) is 0 Å². The van der Waals surface area contributed by atoms with E-state index in [4.69, 9.17) is 30.5 Å². The van der Waals surface area contributed by atoms with E-state index in [-0.39, 0.29) is 24.0 Å². The highest BCUT2D eigenvalue weighted by Gasteiger charge is 2.27. The molecular formula is C32H33ClO5.